The second-order valence-electron chi connectivity index (χ2n) is 5.62. The molecule has 0 fully saturated rings. The van der Waals surface area contributed by atoms with Gasteiger partial charge in [0.2, 0.25) is 10.0 Å². The summed E-state index contributed by atoms with van der Waals surface area (Å²) in [5, 5.41) is 3.29. The molecule has 4 nitrogen and oxygen atoms in total. The first kappa shape index (κ1) is 18.9. The van der Waals surface area contributed by atoms with Crippen molar-refractivity contribution in [2.75, 3.05) is 12.3 Å². The first-order valence-electron chi connectivity index (χ1n) is 7.55. The lowest BCUT2D eigenvalue weighted by Gasteiger charge is -2.22. The number of nitrogens with one attached hydrogen (secondary N) is 2. The smallest absolute Gasteiger partial charge is 0.211 e. The number of hydrogen-bond donors (Lipinski definition) is 2. The van der Waals surface area contributed by atoms with Gasteiger partial charge >= 0.3 is 0 Å². The molecule has 19 heavy (non-hydrogen) atoms. The number of hydrogen-bond acceptors (Lipinski definition) is 3. The molecule has 1 unspecified atom stereocenters. The number of unbranched alkanes of at least 4 members (excludes halogenated alkanes) is 1. The molecule has 0 saturated heterocycles. The van der Waals surface area contributed by atoms with E-state index in [9.17, 15) is 8.42 Å². The molecule has 0 amide bonds. The third-order valence-electron chi connectivity index (χ3n) is 3.51. The first-order chi connectivity index (χ1) is 8.82. The molecule has 0 aliphatic heterocycles. The molecule has 0 spiro atoms. The maximum atomic E-state index is 11.9. The first-order valence-corrected chi connectivity index (χ1v) is 9.21. The van der Waals surface area contributed by atoms with Crippen molar-refractivity contribution in [1.29, 1.82) is 0 Å². The molecular formula is C14H32N2O2S. The third-order valence-corrected chi connectivity index (χ3v) is 5.07. The highest BCUT2D eigenvalue weighted by Crippen LogP contribution is 2.13. The Kier molecular flexibility index (Phi) is 9.66. The maximum Gasteiger partial charge on any atom is 0.211 e. The van der Waals surface area contributed by atoms with Crippen LogP contribution in [0.5, 0.6) is 0 Å². The fraction of sp³-hybridized carbons (Fsp3) is 1.00. The summed E-state index contributed by atoms with van der Waals surface area (Å²) in [5.41, 5.74) is 0. The lowest BCUT2D eigenvalue weighted by Crippen LogP contribution is -2.39. The summed E-state index contributed by atoms with van der Waals surface area (Å²) in [6, 6.07) is 0.499. The van der Waals surface area contributed by atoms with E-state index in [1.165, 1.54) is 0 Å². The summed E-state index contributed by atoms with van der Waals surface area (Å²) < 4.78 is 26.7. The average molecular weight is 292 g/mol. The Morgan fingerprint density at radius 3 is 2.05 bits per heavy atom. The fourth-order valence-electron chi connectivity index (χ4n) is 2.24. The molecule has 1 atom stereocenters. The zero-order valence-electron chi connectivity index (χ0n) is 13.2. The van der Waals surface area contributed by atoms with Gasteiger partial charge in [-0.05, 0) is 32.2 Å². The molecule has 0 saturated carbocycles. The summed E-state index contributed by atoms with van der Waals surface area (Å²) >= 11 is 0. The highest BCUT2D eigenvalue weighted by atomic mass is 32.2. The van der Waals surface area contributed by atoms with Gasteiger partial charge in [0.1, 0.15) is 0 Å². The van der Waals surface area contributed by atoms with Gasteiger partial charge in [-0.1, -0.05) is 40.5 Å². The van der Waals surface area contributed by atoms with Crippen molar-refractivity contribution in [1.82, 2.24) is 10.0 Å². The van der Waals surface area contributed by atoms with Gasteiger partial charge in [0, 0.05) is 12.1 Å². The molecule has 0 heterocycles. The second kappa shape index (κ2) is 9.72. The summed E-state index contributed by atoms with van der Waals surface area (Å²) in [4.78, 5) is 0. The fourth-order valence-corrected chi connectivity index (χ4v) is 3.70. The zero-order valence-corrected chi connectivity index (χ0v) is 14.0. The van der Waals surface area contributed by atoms with Gasteiger partial charge in [0.15, 0.2) is 0 Å². The van der Waals surface area contributed by atoms with Crippen LogP contribution in [0.4, 0.5) is 0 Å². The molecule has 0 aromatic rings. The van der Waals surface area contributed by atoms with Gasteiger partial charge in [-0.25, -0.2) is 13.1 Å². The van der Waals surface area contributed by atoms with Crippen LogP contribution in [-0.4, -0.2) is 32.8 Å². The van der Waals surface area contributed by atoms with Crippen LogP contribution in [0.15, 0.2) is 0 Å². The summed E-state index contributed by atoms with van der Waals surface area (Å²) in [6.07, 6.45) is 3.64. The molecule has 0 radical (unpaired) electrons. The van der Waals surface area contributed by atoms with Crippen molar-refractivity contribution in [3.8, 4) is 0 Å². The summed E-state index contributed by atoms with van der Waals surface area (Å²) in [6.45, 7) is 11.3. The normalized spacial score (nSPS) is 14.3. The van der Waals surface area contributed by atoms with Gasteiger partial charge < -0.3 is 5.32 Å². The van der Waals surface area contributed by atoms with E-state index in [0.717, 1.165) is 25.8 Å². The molecule has 0 aliphatic carbocycles. The monoisotopic (exact) mass is 292 g/mol. The largest absolute Gasteiger partial charge is 0.315 e. The Bertz CT molecular complexity index is 311. The van der Waals surface area contributed by atoms with E-state index in [2.05, 4.69) is 37.7 Å². The molecule has 116 valence electrons. The van der Waals surface area contributed by atoms with E-state index in [0.29, 0.717) is 18.4 Å². The molecule has 0 aliphatic rings. The predicted octanol–water partition coefficient (Wildman–Crippen LogP) is 2.51. The van der Waals surface area contributed by atoms with Gasteiger partial charge in [-0.15, -0.1) is 0 Å². The van der Waals surface area contributed by atoms with E-state index in [1.807, 2.05) is 6.92 Å². The molecule has 5 heteroatoms. The SMILES string of the molecule is CCC(CC)C(C)NS(=O)(=O)CCCCNC(C)C. The van der Waals surface area contributed by atoms with Crippen LogP contribution in [0.3, 0.4) is 0 Å². The summed E-state index contributed by atoms with van der Waals surface area (Å²) in [5.74, 6) is 0.662. The van der Waals surface area contributed by atoms with Crippen molar-refractivity contribution < 1.29 is 8.42 Å². The lowest BCUT2D eigenvalue weighted by molar-refractivity contribution is 0.390. The minimum atomic E-state index is -3.12. The van der Waals surface area contributed by atoms with Crippen LogP contribution < -0.4 is 10.0 Å². The number of rotatable bonds is 11. The topological polar surface area (TPSA) is 58.2 Å². The zero-order chi connectivity index (χ0) is 14.9. The van der Waals surface area contributed by atoms with Crippen molar-refractivity contribution in [3.63, 3.8) is 0 Å². The van der Waals surface area contributed by atoms with Crippen molar-refractivity contribution in [2.45, 2.75) is 72.4 Å². The summed E-state index contributed by atoms with van der Waals surface area (Å²) in [7, 11) is -3.12. The lowest BCUT2D eigenvalue weighted by atomic mass is 9.96. The van der Waals surface area contributed by atoms with Crippen molar-refractivity contribution in [2.24, 2.45) is 5.92 Å². The third kappa shape index (κ3) is 9.41. The molecule has 0 aromatic carbocycles. The minimum absolute atomic E-state index is 0.0359. The van der Waals surface area contributed by atoms with Crippen molar-refractivity contribution >= 4 is 10.0 Å². The molecular weight excluding hydrogens is 260 g/mol. The van der Waals surface area contributed by atoms with Gasteiger partial charge in [0.25, 0.3) is 0 Å². The Hall–Kier alpha value is -0.130. The second-order valence-corrected chi connectivity index (χ2v) is 7.49. The minimum Gasteiger partial charge on any atom is -0.315 e. The maximum absolute atomic E-state index is 11.9. The highest BCUT2D eigenvalue weighted by Gasteiger charge is 2.19. The van der Waals surface area contributed by atoms with Gasteiger partial charge in [-0.3, -0.25) is 0 Å². The van der Waals surface area contributed by atoms with E-state index in [1.54, 1.807) is 0 Å². The highest BCUT2D eigenvalue weighted by molar-refractivity contribution is 7.89. The quantitative estimate of drug-likeness (QED) is 0.575. The van der Waals surface area contributed by atoms with Crippen LogP contribution in [-0.2, 0) is 10.0 Å². The Balaban J connectivity index is 3.98. The Labute approximate surface area is 119 Å². The Morgan fingerprint density at radius 2 is 1.58 bits per heavy atom. The predicted molar refractivity (Wildman–Crippen MR) is 82.8 cm³/mol. The van der Waals surface area contributed by atoms with Crippen LogP contribution >= 0.6 is 0 Å². The van der Waals surface area contributed by atoms with Crippen LogP contribution in [0.1, 0.15) is 60.3 Å². The number of sulfonamides is 1. The van der Waals surface area contributed by atoms with Gasteiger partial charge in [-0.2, -0.15) is 0 Å². The van der Waals surface area contributed by atoms with Crippen LogP contribution in [0.25, 0.3) is 0 Å². The molecule has 0 bridgehead atoms. The standard InChI is InChI=1S/C14H32N2O2S/c1-6-14(7-2)13(5)16-19(17,18)11-9-8-10-15-12(3)4/h12-16H,6-11H2,1-5H3. The van der Waals surface area contributed by atoms with Crippen LogP contribution in [0, 0.1) is 5.92 Å². The van der Waals surface area contributed by atoms with E-state index in [-0.39, 0.29) is 11.8 Å². The Morgan fingerprint density at radius 1 is 1.00 bits per heavy atom. The van der Waals surface area contributed by atoms with Crippen LogP contribution in [0.2, 0.25) is 0 Å². The molecule has 0 aromatic heterocycles. The van der Waals surface area contributed by atoms with E-state index < -0.39 is 10.0 Å². The average Bonchev–Trinajstić information content (AvgIpc) is 2.28. The van der Waals surface area contributed by atoms with Gasteiger partial charge in [0.05, 0.1) is 5.75 Å². The molecule has 0 rings (SSSR count). The molecule has 2 N–H and O–H groups in total. The van der Waals surface area contributed by atoms with Crippen molar-refractivity contribution in [3.05, 3.63) is 0 Å². The van der Waals surface area contributed by atoms with E-state index >= 15 is 0 Å². The van der Waals surface area contributed by atoms with E-state index in [4.69, 9.17) is 0 Å².